The molecule has 0 aliphatic rings. The van der Waals surface area contributed by atoms with Crippen LogP contribution in [0.3, 0.4) is 0 Å². The van der Waals surface area contributed by atoms with Gasteiger partial charge >= 0.3 is 0 Å². The second-order valence-corrected chi connectivity index (χ2v) is 4.46. The minimum atomic E-state index is -0.122. The summed E-state index contributed by atoms with van der Waals surface area (Å²) in [4.78, 5) is 4.47. The standard InChI is InChI=1S/C15H14N5/c16-14(17)19-15-18-12-8-4-5-9-13(12)20(15)10-11-6-2-1-3-7-11/h2-9H,10H2,(H4,16,17,18,19). The molecule has 20 heavy (non-hydrogen) atoms. The third-order valence-corrected chi connectivity index (χ3v) is 3.03. The first-order valence-electron chi connectivity index (χ1n) is 6.25. The van der Waals surface area contributed by atoms with Gasteiger partial charge in [0.25, 0.3) is 0 Å². The van der Waals surface area contributed by atoms with Gasteiger partial charge in [0.05, 0.1) is 17.6 Å². The number of guanidine groups is 1. The van der Waals surface area contributed by atoms with Crippen molar-refractivity contribution in [2.24, 2.45) is 5.73 Å². The van der Waals surface area contributed by atoms with Crippen molar-refractivity contribution in [3.63, 3.8) is 0 Å². The summed E-state index contributed by atoms with van der Waals surface area (Å²) >= 11 is 0. The second kappa shape index (κ2) is 5.05. The van der Waals surface area contributed by atoms with Crippen LogP contribution in [0.15, 0.2) is 48.5 Å². The van der Waals surface area contributed by atoms with Gasteiger partial charge in [-0.3, -0.25) is 10.7 Å². The minimum Gasteiger partial charge on any atom is -0.370 e. The minimum absolute atomic E-state index is 0.122. The number of fused-ring (bicyclic) bond motifs is 1. The molecule has 3 rings (SSSR count). The van der Waals surface area contributed by atoms with Crippen LogP contribution < -0.4 is 11.1 Å². The Morgan fingerprint density at radius 1 is 1.25 bits per heavy atom. The van der Waals surface area contributed by atoms with Crippen molar-refractivity contribution in [3.8, 4) is 0 Å². The van der Waals surface area contributed by atoms with E-state index < -0.39 is 0 Å². The fourth-order valence-corrected chi connectivity index (χ4v) is 2.16. The van der Waals surface area contributed by atoms with Gasteiger partial charge < -0.3 is 10.3 Å². The lowest BCUT2D eigenvalue weighted by molar-refractivity contribution is 0.836. The number of nitrogens with zero attached hydrogens (tertiary/aromatic N) is 2. The molecule has 5 heteroatoms. The van der Waals surface area contributed by atoms with Crippen molar-refractivity contribution in [2.75, 3.05) is 5.32 Å². The van der Waals surface area contributed by atoms with Gasteiger partial charge in [-0.05, 0) is 23.8 Å². The summed E-state index contributed by atoms with van der Waals surface area (Å²) in [5, 5.41) is 10.2. The van der Waals surface area contributed by atoms with E-state index in [0.29, 0.717) is 12.5 Å². The van der Waals surface area contributed by atoms with Crippen LogP contribution in [0.4, 0.5) is 5.95 Å². The number of nitrogens with two attached hydrogens (primary N) is 1. The molecule has 99 valence electrons. The highest BCUT2D eigenvalue weighted by Gasteiger charge is 2.11. The number of benzene rings is 2. The Morgan fingerprint density at radius 3 is 2.75 bits per heavy atom. The van der Waals surface area contributed by atoms with Crippen LogP contribution in [-0.4, -0.2) is 15.5 Å². The summed E-state index contributed by atoms with van der Waals surface area (Å²) < 4.78 is 2.01. The third-order valence-electron chi connectivity index (χ3n) is 3.03. The quantitative estimate of drug-likeness (QED) is 0.501. The van der Waals surface area contributed by atoms with E-state index in [-0.39, 0.29) is 5.96 Å². The first kappa shape index (κ1) is 12.2. The fourth-order valence-electron chi connectivity index (χ4n) is 2.16. The monoisotopic (exact) mass is 264 g/mol. The van der Waals surface area contributed by atoms with Gasteiger partial charge in [0.15, 0.2) is 5.96 Å². The first-order chi connectivity index (χ1) is 9.74. The molecule has 0 fully saturated rings. The topological polar surface area (TPSA) is 79.7 Å². The van der Waals surface area contributed by atoms with E-state index in [1.165, 1.54) is 0 Å². The molecule has 1 aromatic heterocycles. The highest BCUT2D eigenvalue weighted by atomic mass is 15.2. The van der Waals surface area contributed by atoms with E-state index in [1.807, 2.05) is 53.1 Å². The average Bonchev–Trinajstić information content (AvgIpc) is 2.77. The number of imidazole rings is 1. The van der Waals surface area contributed by atoms with Crippen molar-refractivity contribution in [2.45, 2.75) is 6.54 Å². The van der Waals surface area contributed by atoms with Crippen LogP contribution in [0, 0.1) is 11.5 Å². The van der Waals surface area contributed by atoms with Crippen molar-refractivity contribution < 1.29 is 0 Å². The second-order valence-electron chi connectivity index (χ2n) is 4.46. The molecule has 3 aromatic rings. The maximum Gasteiger partial charge on any atom is 0.211 e. The molecule has 0 aliphatic carbocycles. The van der Waals surface area contributed by atoms with Gasteiger partial charge in [0, 0.05) is 0 Å². The predicted molar refractivity (Wildman–Crippen MR) is 79.6 cm³/mol. The molecule has 0 saturated carbocycles. The van der Waals surface area contributed by atoms with Gasteiger partial charge in [-0.25, -0.2) is 4.98 Å². The molecular formula is C15H14N5. The van der Waals surface area contributed by atoms with Gasteiger partial charge in [-0.2, -0.15) is 0 Å². The van der Waals surface area contributed by atoms with E-state index in [1.54, 1.807) is 0 Å². The number of aromatic nitrogens is 2. The number of nitrogens with one attached hydrogen (secondary N) is 2. The molecule has 1 radical (unpaired) electrons. The summed E-state index contributed by atoms with van der Waals surface area (Å²) in [7, 11) is 0. The van der Waals surface area contributed by atoms with Gasteiger partial charge in [-0.15, -0.1) is 0 Å². The fraction of sp³-hybridized carbons (Fsp3) is 0.0667. The van der Waals surface area contributed by atoms with Crippen LogP contribution >= 0.6 is 0 Å². The number of hydrogen-bond donors (Lipinski definition) is 3. The number of hydrogen-bond acceptors (Lipinski definition) is 2. The Hall–Kier alpha value is -2.82. The number of anilines is 1. The van der Waals surface area contributed by atoms with Crippen molar-refractivity contribution in [1.29, 1.82) is 5.41 Å². The number of rotatable bonds is 3. The summed E-state index contributed by atoms with van der Waals surface area (Å²) in [6.07, 6.45) is 0. The molecule has 0 spiro atoms. The average molecular weight is 264 g/mol. The van der Waals surface area contributed by atoms with Crippen LogP contribution in [0.1, 0.15) is 5.56 Å². The smallest absolute Gasteiger partial charge is 0.211 e. The largest absolute Gasteiger partial charge is 0.370 e. The first-order valence-corrected chi connectivity index (χ1v) is 6.25. The Morgan fingerprint density at radius 2 is 2.00 bits per heavy atom. The van der Waals surface area contributed by atoms with E-state index >= 15 is 0 Å². The lowest BCUT2D eigenvalue weighted by Gasteiger charge is -2.09. The number of para-hydroxylation sites is 2. The van der Waals surface area contributed by atoms with E-state index in [4.69, 9.17) is 11.1 Å². The molecule has 0 unspecified atom stereocenters. The van der Waals surface area contributed by atoms with Crippen LogP contribution in [-0.2, 0) is 6.54 Å². The Labute approximate surface area is 116 Å². The van der Waals surface area contributed by atoms with Crippen LogP contribution in [0.5, 0.6) is 0 Å². The summed E-state index contributed by atoms with van der Waals surface area (Å²) in [5.41, 5.74) is 8.44. The maximum absolute atomic E-state index is 7.39. The molecule has 0 atom stereocenters. The van der Waals surface area contributed by atoms with Gasteiger partial charge in [0.1, 0.15) is 0 Å². The van der Waals surface area contributed by atoms with E-state index in [0.717, 1.165) is 16.6 Å². The zero-order chi connectivity index (χ0) is 13.9. The molecule has 1 heterocycles. The zero-order valence-corrected chi connectivity index (χ0v) is 10.8. The highest BCUT2D eigenvalue weighted by Crippen LogP contribution is 2.20. The summed E-state index contributed by atoms with van der Waals surface area (Å²) in [6.45, 7) is 0.658. The van der Waals surface area contributed by atoms with Gasteiger partial charge in [-0.1, -0.05) is 36.4 Å². The molecular weight excluding hydrogens is 250 g/mol. The summed E-state index contributed by atoms with van der Waals surface area (Å²) in [6, 6.07) is 18.6. The van der Waals surface area contributed by atoms with Crippen molar-refractivity contribution >= 4 is 22.9 Å². The maximum atomic E-state index is 7.39. The molecule has 0 amide bonds. The zero-order valence-electron chi connectivity index (χ0n) is 10.8. The normalized spacial score (nSPS) is 10.6. The SMILES string of the molecule is N=C(N)Nc1nc2ccccc2n1Cc1cc[c]cc1. The van der Waals surface area contributed by atoms with Crippen molar-refractivity contribution in [1.82, 2.24) is 9.55 Å². The predicted octanol–water partition coefficient (Wildman–Crippen LogP) is 2.19. The summed E-state index contributed by atoms with van der Waals surface area (Å²) in [5.74, 6) is 0.453. The van der Waals surface area contributed by atoms with Crippen molar-refractivity contribution in [3.05, 3.63) is 60.2 Å². The Bertz CT molecular complexity index is 745. The molecule has 0 aliphatic heterocycles. The molecule has 4 N–H and O–H groups in total. The third kappa shape index (κ3) is 2.33. The van der Waals surface area contributed by atoms with Gasteiger partial charge in [0.2, 0.25) is 5.95 Å². The molecule has 5 nitrogen and oxygen atoms in total. The lowest BCUT2D eigenvalue weighted by atomic mass is 10.2. The molecule has 2 aromatic carbocycles. The van der Waals surface area contributed by atoms with Crippen LogP contribution in [0.25, 0.3) is 11.0 Å². The highest BCUT2D eigenvalue weighted by molar-refractivity contribution is 5.90. The van der Waals surface area contributed by atoms with Crippen LogP contribution in [0.2, 0.25) is 0 Å². The molecule has 0 bridgehead atoms. The Balaban J connectivity index is 2.08. The van der Waals surface area contributed by atoms with E-state index in [9.17, 15) is 0 Å². The van der Waals surface area contributed by atoms with E-state index in [2.05, 4.69) is 16.4 Å². The lowest BCUT2D eigenvalue weighted by Crippen LogP contribution is -2.23. The Kier molecular flexibility index (Phi) is 3.09. The molecule has 0 saturated heterocycles.